The van der Waals surface area contributed by atoms with Crippen molar-refractivity contribution < 1.29 is 0 Å². The standard InChI is InChI=1S/C9H19NS/c1-7(2)8-10(5)6-9(3,4)11-8/h7-8H,6H2,1-5H3. The Bertz CT molecular complexity index is 142. The van der Waals surface area contributed by atoms with E-state index in [1.807, 2.05) is 0 Å². The number of hydrogen-bond acceptors (Lipinski definition) is 2. The zero-order chi connectivity index (χ0) is 8.65. The Kier molecular flexibility index (Phi) is 2.55. The average Bonchev–Trinajstić information content (AvgIpc) is 2.05. The minimum absolute atomic E-state index is 0.462. The van der Waals surface area contributed by atoms with Crippen molar-refractivity contribution in [3.05, 3.63) is 0 Å². The first-order valence-electron chi connectivity index (χ1n) is 4.30. The first-order valence-corrected chi connectivity index (χ1v) is 5.18. The molecule has 1 rings (SSSR count). The summed E-state index contributed by atoms with van der Waals surface area (Å²) in [5.74, 6) is 0.770. The lowest BCUT2D eigenvalue weighted by Gasteiger charge is -2.21. The summed E-state index contributed by atoms with van der Waals surface area (Å²) in [6.45, 7) is 10.5. The fraction of sp³-hybridized carbons (Fsp3) is 1.00. The van der Waals surface area contributed by atoms with Crippen LogP contribution in [0.3, 0.4) is 0 Å². The molecular formula is C9H19NS. The second kappa shape index (κ2) is 2.98. The highest BCUT2D eigenvalue weighted by Crippen LogP contribution is 2.40. The first-order chi connectivity index (χ1) is 4.92. The summed E-state index contributed by atoms with van der Waals surface area (Å²) < 4.78 is 0.462. The van der Waals surface area contributed by atoms with Gasteiger partial charge in [0, 0.05) is 11.3 Å². The molecule has 1 unspecified atom stereocenters. The van der Waals surface area contributed by atoms with Crippen molar-refractivity contribution in [2.45, 2.75) is 37.8 Å². The lowest BCUT2D eigenvalue weighted by molar-refractivity contribution is 0.278. The van der Waals surface area contributed by atoms with Gasteiger partial charge in [-0.2, -0.15) is 0 Å². The molecule has 66 valence electrons. The van der Waals surface area contributed by atoms with Crippen LogP contribution < -0.4 is 0 Å². The van der Waals surface area contributed by atoms with Gasteiger partial charge in [0.05, 0.1) is 5.37 Å². The Labute approximate surface area is 74.5 Å². The molecule has 0 spiro atoms. The largest absolute Gasteiger partial charge is 0.293 e. The van der Waals surface area contributed by atoms with Crippen LogP contribution in [-0.4, -0.2) is 28.6 Å². The highest BCUT2D eigenvalue weighted by Gasteiger charge is 2.37. The smallest absolute Gasteiger partial charge is 0.0584 e. The van der Waals surface area contributed by atoms with E-state index in [1.54, 1.807) is 0 Å². The minimum atomic E-state index is 0.462. The van der Waals surface area contributed by atoms with E-state index in [0.717, 1.165) is 11.3 Å². The molecule has 1 aliphatic rings. The zero-order valence-electron chi connectivity index (χ0n) is 8.22. The highest BCUT2D eigenvalue weighted by atomic mass is 32.2. The summed E-state index contributed by atoms with van der Waals surface area (Å²) in [6, 6.07) is 0. The van der Waals surface area contributed by atoms with Gasteiger partial charge in [-0.1, -0.05) is 13.8 Å². The first kappa shape index (κ1) is 9.40. The predicted molar refractivity (Wildman–Crippen MR) is 52.9 cm³/mol. The normalized spacial score (nSPS) is 31.6. The van der Waals surface area contributed by atoms with Crippen LogP contribution in [0.1, 0.15) is 27.7 Å². The number of nitrogens with zero attached hydrogens (tertiary/aromatic N) is 1. The Morgan fingerprint density at radius 1 is 1.45 bits per heavy atom. The van der Waals surface area contributed by atoms with Gasteiger partial charge in [0.15, 0.2) is 0 Å². The van der Waals surface area contributed by atoms with Gasteiger partial charge in [0.1, 0.15) is 0 Å². The average molecular weight is 173 g/mol. The van der Waals surface area contributed by atoms with Crippen molar-refractivity contribution in [1.29, 1.82) is 0 Å². The maximum Gasteiger partial charge on any atom is 0.0584 e. The molecule has 0 amide bonds. The van der Waals surface area contributed by atoms with Gasteiger partial charge in [0.2, 0.25) is 0 Å². The van der Waals surface area contributed by atoms with E-state index in [9.17, 15) is 0 Å². The molecule has 0 saturated carbocycles. The second-order valence-corrected chi connectivity index (χ2v) is 6.25. The van der Waals surface area contributed by atoms with Crippen LogP contribution in [0, 0.1) is 5.92 Å². The van der Waals surface area contributed by atoms with Gasteiger partial charge < -0.3 is 0 Å². The fourth-order valence-electron chi connectivity index (χ4n) is 1.79. The third kappa shape index (κ3) is 2.12. The maximum absolute atomic E-state index is 2.47. The van der Waals surface area contributed by atoms with Gasteiger partial charge >= 0.3 is 0 Å². The van der Waals surface area contributed by atoms with Crippen molar-refractivity contribution in [1.82, 2.24) is 4.90 Å². The molecule has 1 nitrogen and oxygen atoms in total. The second-order valence-electron chi connectivity index (χ2n) is 4.43. The van der Waals surface area contributed by atoms with E-state index >= 15 is 0 Å². The molecule has 1 saturated heterocycles. The van der Waals surface area contributed by atoms with Gasteiger partial charge in [0.25, 0.3) is 0 Å². The van der Waals surface area contributed by atoms with Crippen LogP contribution in [0.15, 0.2) is 0 Å². The molecule has 0 aromatic carbocycles. The molecule has 1 aliphatic heterocycles. The highest BCUT2D eigenvalue weighted by molar-refractivity contribution is 8.01. The molecule has 0 N–H and O–H groups in total. The molecule has 0 aromatic rings. The van der Waals surface area contributed by atoms with Crippen molar-refractivity contribution in [2.24, 2.45) is 5.92 Å². The van der Waals surface area contributed by atoms with E-state index in [-0.39, 0.29) is 0 Å². The minimum Gasteiger partial charge on any atom is -0.293 e. The Balaban J connectivity index is 2.59. The summed E-state index contributed by atoms with van der Waals surface area (Å²) in [7, 11) is 2.23. The Morgan fingerprint density at radius 3 is 2.18 bits per heavy atom. The zero-order valence-corrected chi connectivity index (χ0v) is 9.03. The number of hydrogen-bond donors (Lipinski definition) is 0. The summed E-state index contributed by atoms with van der Waals surface area (Å²) in [5.41, 5.74) is 0. The topological polar surface area (TPSA) is 3.24 Å². The molecule has 1 heterocycles. The Hall–Kier alpha value is 0.310. The van der Waals surface area contributed by atoms with Crippen molar-refractivity contribution in [3.63, 3.8) is 0 Å². The van der Waals surface area contributed by atoms with E-state index in [4.69, 9.17) is 0 Å². The van der Waals surface area contributed by atoms with Crippen LogP contribution in [-0.2, 0) is 0 Å². The summed E-state index contributed by atoms with van der Waals surface area (Å²) >= 11 is 2.11. The summed E-state index contributed by atoms with van der Waals surface area (Å²) in [4.78, 5) is 2.47. The van der Waals surface area contributed by atoms with Crippen LogP contribution in [0.2, 0.25) is 0 Å². The summed E-state index contributed by atoms with van der Waals surface area (Å²) in [6.07, 6.45) is 0. The molecule has 1 fully saturated rings. The van der Waals surface area contributed by atoms with Crippen molar-refractivity contribution in [2.75, 3.05) is 13.6 Å². The molecule has 0 aromatic heterocycles. The number of thioether (sulfide) groups is 1. The summed E-state index contributed by atoms with van der Waals surface area (Å²) in [5, 5.41) is 0.727. The Morgan fingerprint density at radius 2 is 2.00 bits per heavy atom. The maximum atomic E-state index is 2.47. The fourth-order valence-corrected chi connectivity index (χ4v) is 3.25. The third-order valence-corrected chi connectivity index (χ3v) is 3.99. The van der Waals surface area contributed by atoms with Crippen LogP contribution in [0.5, 0.6) is 0 Å². The van der Waals surface area contributed by atoms with Gasteiger partial charge in [-0.3, -0.25) is 4.90 Å². The van der Waals surface area contributed by atoms with Crippen LogP contribution >= 0.6 is 11.8 Å². The monoisotopic (exact) mass is 173 g/mol. The lowest BCUT2D eigenvalue weighted by Crippen LogP contribution is -2.29. The van der Waals surface area contributed by atoms with E-state index in [1.165, 1.54) is 6.54 Å². The van der Waals surface area contributed by atoms with Crippen LogP contribution in [0.4, 0.5) is 0 Å². The molecule has 0 bridgehead atoms. The SMILES string of the molecule is CC(C)C1SC(C)(C)CN1C. The van der Waals surface area contributed by atoms with E-state index in [0.29, 0.717) is 4.75 Å². The van der Waals surface area contributed by atoms with E-state index < -0.39 is 0 Å². The molecule has 2 heteroatoms. The quantitative estimate of drug-likeness (QED) is 0.599. The van der Waals surface area contributed by atoms with Crippen LogP contribution in [0.25, 0.3) is 0 Å². The predicted octanol–water partition coefficient (Wildman–Crippen LogP) is 2.43. The van der Waals surface area contributed by atoms with Gasteiger partial charge in [-0.15, -0.1) is 11.8 Å². The third-order valence-electron chi connectivity index (χ3n) is 2.07. The van der Waals surface area contributed by atoms with Crippen molar-refractivity contribution in [3.8, 4) is 0 Å². The molecule has 11 heavy (non-hydrogen) atoms. The van der Waals surface area contributed by atoms with E-state index in [2.05, 4.69) is 51.4 Å². The molecule has 0 aliphatic carbocycles. The lowest BCUT2D eigenvalue weighted by atomic mass is 10.1. The molecule has 1 atom stereocenters. The van der Waals surface area contributed by atoms with Gasteiger partial charge in [-0.05, 0) is 26.8 Å². The van der Waals surface area contributed by atoms with Gasteiger partial charge in [-0.25, -0.2) is 0 Å². The molecular weight excluding hydrogens is 154 g/mol. The number of rotatable bonds is 1. The van der Waals surface area contributed by atoms with Crippen molar-refractivity contribution >= 4 is 11.8 Å². The molecule has 0 radical (unpaired) electrons.